The highest BCUT2D eigenvalue weighted by Gasteiger charge is 2.43. The van der Waals surface area contributed by atoms with E-state index in [1.54, 1.807) is 0 Å². The Kier molecular flexibility index (Phi) is 4.25. The molecule has 0 bridgehead atoms. The molecule has 3 heteroatoms. The number of nitrogens with one attached hydrogen (secondary N) is 1. The van der Waals surface area contributed by atoms with Gasteiger partial charge in [0.2, 0.25) is 0 Å². The summed E-state index contributed by atoms with van der Waals surface area (Å²) < 4.78 is 0. The van der Waals surface area contributed by atoms with Gasteiger partial charge in [-0.3, -0.25) is 4.79 Å². The largest absolute Gasteiger partial charge is 0.481 e. The third-order valence-electron chi connectivity index (χ3n) is 4.56. The van der Waals surface area contributed by atoms with Crippen molar-refractivity contribution in [1.29, 1.82) is 0 Å². The number of carboxylic acid groups (broad SMARTS) is 1. The summed E-state index contributed by atoms with van der Waals surface area (Å²) in [7, 11) is 0. The van der Waals surface area contributed by atoms with Gasteiger partial charge in [-0.25, -0.2) is 0 Å². The predicted molar refractivity (Wildman–Crippen MR) is 76.4 cm³/mol. The molecule has 1 aliphatic rings. The summed E-state index contributed by atoms with van der Waals surface area (Å²) in [4.78, 5) is 11.9. The zero-order valence-corrected chi connectivity index (χ0v) is 11.8. The van der Waals surface area contributed by atoms with Crippen LogP contribution in [0.4, 0.5) is 0 Å². The normalized spacial score (nSPS) is 19.9. The summed E-state index contributed by atoms with van der Waals surface area (Å²) in [6.45, 7) is 5.83. The molecular formula is C16H23NO2. The molecule has 1 saturated heterocycles. The fourth-order valence-electron chi connectivity index (χ4n) is 3.02. The standard InChI is InChI=1S/C16H23NO2/c1-3-12-4-6-13(7-5-12)16(2,15(18)19)14-8-10-17-11-9-14/h4-7,14,17H,3,8-11H2,1-2H3,(H,18,19). The van der Waals surface area contributed by atoms with E-state index in [2.05, 4.69) is 24.4 Å². The minimum absolute atomic E-state index is 0.207. The Labute approximate surface area is 115 Å². The molecule has 0 spiro atoms. The minimum atomic E-state index is -0.769. The summed E-state index contributed by atoms with van der Waals surface area (Å²) in [6.07, 6.45) is 2.84. The van der Waals surface area contributed by atoms with Crippen LogP contribution in [0.3, 0.4) is 0 Å². The van der Waals surface area contributed by atoms with Gasteiger partial charge in [-0.05, 0) is 56.3 Å². The second kappa shape index (κ2) is 5.74. The van der Waals surface area contributed by atoms with Crippen molar-refractivity contribution in [1.82, 2.24) is 5.32 Å². The molecule has 1 atom stereocenters. The molecule has 0 saturated carbocycles. The van der Waals surface area contributed by atoms with E-state index in [9.17, 15) is 9.90 Å². The molecule has 2 rings (SSSR count). The number of carboxylic acids is 1. The monoisotopic (exact) mass is 261 g/mol. The van der Waals surface area contributed by atoms with E-state index >= 15 is 0 Å². The van der Waals surface area contributed by atoms with Crippen molar-refractivity contribution in [2.24, 2.45) is 5.92 Å². The number of aliphatic carboxylic acids is 1. The molecule has 0 aromatic heterocycles. The van der Waals surface area contributed by atoms with Crippen molar-refractivity contribution >= 4 is 5.97 Å². The molecule has 1 unspecified atom stereocenters. The Morgan fingerprint density at radius 2 is 1.89 bits per heavy atom. The SMILES string of the molecule is CCc1ccc(C(C)(C(=O)O)C2CCNCC2)cc1. The fraction of sp³-hybridized carbons (Fsp3) is 0.562. The number of benzene rings is 1. The van der Waals surface area contributed by atoms with Crippen LogP contribution in [-0.4, -0.2) is 24.2 Å². The lowest BCUT2D eigenvalue weighted by atomic mass is 9.68. The Balaban J connectivity index is 2.33. The van der Waals surface area contributed by atoms with Gasteiger partial charge in [-0.2, -0.15) is 0 Å². The van der Waals surface area contributed by atoms with Crippen LogP contribution in [0, 0.1) is 5.92 Å². The number of piperidine rings is 1. The summed E-state index contributed by atoms with van der Waals surface area (Å²) in [5.41, 5.74) is 1.42. The molecular weight excluding hydrogens is 238 g/mol. The molecule has 1 heterocycles. The Morgan fingerprint density at radius 3 is 2.37 bits per heavy atom. The Morgan fingerprint density at radius 1 is 1.32 bits per heavy atom. The van der Waals surface area contributed by atoms with Gasteiger partial charge < -0.3 is 10.4 Å². The van der Waals surface area contributed by atoms with Gasteiger partial charge in [-0.1, -0.05) is 31.2 Å². The molecule has 0 aliphatic carbocycles. The molecule has 1 aliphatic heterocycles. The van der Waals surface area contributed by atoms with Crippen molar-refractivity contribution < 1.29 is 9.90 Å². The predicted octanol–water partition coefficient (Wildman–Crippen LogP) is 2.59. The maximum atomic E-state index is 11.9. The van der Waals surface area contributed by atoms with Crippen molar-refractivity contribution in [3.05, 3.63) is 35.4 Å². The summed E-state index contributed by atoms with van der Waals surface area (Å²) >= 11 is 0. The number of hydrogen-bond donors (Lipinski definition) is 2. The van der Waals surface area contributed by atoms with Gasteiger partial charge in [0.15, 0.2) is 0 Å². The summed E-state index contributed by atoms with van der Waals surface area (Å²) in [6, 6.07) is 8.10. The maximum absolute atomic E-state index is 11.9. The minimum Gasteiger partial charge on any atom is -0.481 e. The van der Waals surface area contributed by atoms with E-state index in [0.29, 0.717) is 0 Å². The van der Waals surface area contributed by atoms with Crippen LogP contribution in [0.25, 0.3) is 0 Å². The van der Waals surface area contributed by atoms with Crippen molar-refractivity contribution in [3.63, 3.8) is 0 Å². The lowest BCUT2D eigenvalue weighted by Crippen LogP contribution is -2.45. The van der Waals surface area contributed by atoms with E-state index in [4.69, 9.17) is 0 Å². The van der Waals surface area contributed by atoms with Crippen LogP contribution in [-0.2, 0) is 16.6 Å². The second-order valence-electron chi connectivity index (χ2n) is 5.58. The summed E-state index contributed by atoms with van der Waals surface area (Å²) in [5.74, 6) is -0.498. The van der Waals surface area contributed by atoms with Crippen LogP contribution in [0.2, 0.25) is 0 Å². The molecule has 0 amide bonds. The zero-order chi connectivity index (χ0) is 13.9. The zero-order valence-electron chi connectivity index (χ0n) is 11.8. The highest BCUT2D eigenvalue weighted by atomic mass is 16.4. The van der Waals surface area contributed by atoms with Crippen LogP contribution < -0.4 is 5.32 Å². The number of hydrogen-bond acceptors (Lipinski definition) is 2. The quantitative estimate of drug-likeness (QED) is 0.876. The van der Waals surface area contributed by atoms with Crippen molar-refractivity contribution in [2.45, 2.75) is 38.5 Å². The van der Waals surface area contributed by atoms with Crippen LogP contribution in [0.1, 0.15) is 37.8 Å². The van der Waals surface area contributed by atoms with E-state index in [1.165, 1.54) is 5.56 Å². The Hall–Kier alpha value is -1.35. The van der Waals surface area contributed by atoms with E-state index < -0.39 is 11.4 Å². The first-order valence-electron chi connectivity index (χ1n) is 7.12. The van der Waals surface area contributed by atoms with Crippen LogP contribution in [0.5, 0.6) is 0 Å². The third kappa shape index (κ3) is 2.66. The van der Waals surface area contributed by atoms with Crippen molar-refractivity contribution in [3.8, 4) is 0 Å². The second-order valence-corrected chi connectivity index (χ2v) is 5.58. The topological polar surface area (TPSA) is 49.3 Å². The molecule has 0 radical (unpaired) electrons. The van der Waals surface area contributed by atoms with E-state index in [-0.39, 0.29) is 5.92 Å². The molecule has 104 valence electrons. The highest BCUT2D eigenvalue weighted by Crippen LogP contribution is 2.37. The van der Waals surface area contributed by atoms with E-state index in [1.807, 2.05) is 19.1 Å². The Bertz CT molecular complexity index is 435. The van der Waals surface area contributed by atoms with Crippen LogP contribution >= 0.6 is 0 Å². The van der Waals surface area contributed by atoms with Gasteiger partial charge in [0.1, 0.15) is 0 Å². The van der Waals surface area contributed by atoms with E-state index in [0.717, 1.165) is 37.9 Å². The lowest BCUT2D eigenvalue weighted by molar-refractivity contribution is -0.146. The third-order valence-corrected chi connectivity index (χ3v) is 4.56. The van der Waals surface area contributed by atoms with Crippen LogP contribution in [0.15, 0.2) is 24.3 Å². The van der Waals surface area contributed by atoms with Gasteiger partial charge in [0, 0.05) is 0 Å². The number of rotatable bonds is 4. The first kappa shape index (κ1) is 14.1. The van der Waals surface area contributed by atoms with Gasteiger partial charge in [-0.15, -0.1) is 0 Å². The number of aryl methyl sites for hydroxylation is 1. The smallest absolute Gasteiger partial charge is 0.314 e. The van der Waals surface area contributed by atoms with Gasteiger partial charge >= 0.3 is 5.97 Å². The first-order chi connectivity index (χ1) is 9.09. The lowest BCUT2D eigenvalue weighted by Gasteiger charge is -2.37. The molecule has 1 aromatic rings. The average Bonchev–Trinajstić information content (AvgIpc) is 2.47. The molecule has 1 fully saturated rings. The molecule has 19 heavy (non-hydrogen) atoms. The number of carbonyl (C=O) groups is 1. The maximum Gasteiger partial charge on any atom is 0.314 e. The first-order valence-corrected chi connectivity index (χ1v) is 7.12. The fourth-order valence-corrected chi connectivity index (χ4v) is 3.02. The molecule has 3 nitrogen and oxygen atoms in total. The molecule has 1 aromatic carbocycles. The summed E-state index contributed by atoms with van der Waals surface area (Å²) in [5, 5.41) is 13.0. The molecule has 2 N–H and O–H groups in total. The average molecular weight is 261 g/mol. The van der Waals surface area contributed by atoms with Gasteiger partial charge in [0.05, 0.1) is 5.41 Å². The highest BCUT2D eigenvalue weighted by molar-refractivity contribution is 5.81. The van der Waals surface area contributed by atoms with Crippen molar-refractivity contribution in [2.75, 3.05) is 13.1 Å². The van der Waals surface area contributed by atoms with Gasteiger partial charge in [0.25, 0.3) is 0 Å².